The third-order valence-electron chi connectivity index (χ3n) is 3.36. The van der Waals surface area contributed by atoms with E-state index in [0.717, 1.165) is 26.8 Å². The zero-order chi connectivity index (χ0) is 16.9. The van der Waals surface area contributed by atoms with Crippen LogP contribution in [0.25, 0.3) is 0 Å². The van der Waals surface area contributed by atoms with Gasteiger partial charge in [0.05, 0.1) is 25.2 Å². The lowest BCUT2D eigenvalue weighted by Gasteiger charge is -2.06. The smallest absolute Gasteiger partial charge is 0.221 e. The molecule has 122 valence electrons. The molecule has 1 aromatic heterocycles. The first-order valence-corrected chi connectivity index (χ1v) is 8.24. The van der Waals surface area contributed by atoms with Crippen molar-refractivity contribution >= 4 is 23.9 Å². The van der Waals surface area contributed by atoms with Gasteiger partial charge in [0.15, 0.2) is 0 Å². The van der Waals surface area contributed by atoms with Gasteiger partial charge < -0.3 is 10.5 Å². The van der Waals surface area contributed by atoms with Crippen molar-refractivity contribution in [1.29, 1.82) is 0 Å². The van der Waals surface area contributed by atoms with E-state index in [1.54, 1.807) is 36.0 Å². The molecule has 0 unspecified atom stereocenters. The zero-order valence-corrected chi connectivity index (χ0v) is 14.3. The Bertz CT molecular complexity index is 856. The number of anilines is 1. The molecule has 0 fully saturated rings. The summed E-state index contributed by atoms with van der Waals surface area (Å²) in [5, 5.41) is 4.40. The van der Waals surface area contributed by atoms with Gasteiger partial charge in [-0.25, -0.2) is 9.66 Å². The number of nitrogens with two attached hydrogens (primary N) is 1. The lowest BCUT2D eigenvalue weighted by atomic mass is 10.2. The summed E-state index contributed by atoms with van der Waals surface area (Å²) in [4.78, 5) is 6.39. The highest BCUT2D eigenvalue weighted by atomic mass is 32.2. The number of methoxy groups -OCH3 is 1. The maximum Gasteiger partial charge on any atom is 0.221 e. The summed E-state index contributed by atoms with van der Waals surface area (Å²) in [7, 11) is 1.66. The van der Waals surface area contributed by atoms with E-state index in [2.05, 4.69) is 16.2 Å². The first-order chi connectivity index (χ1) is 11.7. The summed E-state index contributed by atoms with van der Waals surface area (Å²) < 4.78 is 6.77. The molecular weight excluding hydrogens is 320 g/mol. The second kappa shape index (κ2) is 7.23. The van der Waals surface area contributed by atoms with Gasteiger partial charge in [-0.1, -0.05) is 30.0 Å². The highest BCUT2D eigenvalue weighted by molar-refractivity contribution is 7.99. The summed E-state index contributed by atoms with van der Waals surface area (Å²) in [5.41, 5.74) is 7.67. The average molecular weight is 338 g/mol. The van der Waals surface area contributed by atoms with Crippen LogP contribution in [-0.2, 0) is 0 Å². The third kappa shape index (κ3) is 3.78. The molecule has 2 aromatic carbocycles. The maximum atomic E-state index is 5.82. The number of aromatic nitrogens is 2. The molecule has 3 aromatic rings. The Morgan fingerprint density at radius 1 is 1.17 bits per heavy atom. The minimum absolute atomic E-state index is 0.379. The molecule has 2 N–H and O–H groups in total. The van der Waals surface area contributed by atoms with Crippen molar-refractivity contribution in [2.45, 2.75) is 16.7 Å². The van der Waals surface area contributed by atoms with Crippen molar-refractivity contribution in [3.8, 4) is 5.75 Å². The Labute approximate surface area is 145 Å². The summed E-state index contributed by atoms with van der Waals surface area (Å²) in [6.45, 7) is 1.88. The Morgan fingerprint density at radius 3 is 2.58 bits per heavy atom. The fourth-order valence-electron chi connectivity index (χ4n) is 2.17. The fourth-order valence-corrected chi connectivity index (χ4v) is 3.08. The first kappa shape index (κ1) is 16.1. The molecule has 0 amide bonds. The van der Waals surface area contributed by atoms with Gasteiger partial charge in [-0.05, 0) is 37.3 Å². The summed E-state index contributed by atoms with van der Waals surface area (Å²) in [5.74, 6) is 1.23. The Morgan fingerprint density at radius 2 is 1.92 bits per heavy atom. The highest BCUT2D eigenvalue weighted by Crippen LogP contribution is 2.30. The SMILES string of the molecule is COc1ccc(Sc2ccccc2C=Nn2cc(C)nc2N)cc1. The van der Waals surface area contributed by atoms with Crippen LogP contribution < -0.4 is 10.5 Å². The molecule has 0 spiro atoms. The van der Waals surface area contributed by atoms with E-state index in [0.29, 0.717) is 5.95 Å². The molecule has 0 saturated carbocycles. The predicted octanol–water partition coefficient (Wildman–Crippen LogP) is 3.82. The van der Waals surface area contributed by atoms with E-state index in [1.807, 2.05) is 49.4 Å². The predicted molar refractivity (Wildman–Crippen MR) is 97.9 cm³/mol. The van der Waals surface area contributed by atoms with Gasteiger partial charge in [-0.3, -0.25) is 0 Å². The molecule has 0 aliphatic carbocycles. The van der Waals surface area contributed by atoms with Crippen LogP contribution >= 0.6 is 11.8 Å². The van der Waals surface area contributed by atoms with E-state index in [-0.39, 0.29) is 0 Å². The van der Waals surface area contributed by atoms with Crippen molar-refractivity contribution in [1.82, 2.24) is 9.66 Å². The summed E-state index contributed by atoms with van der Waals surface area (Å²) >= 11 is 1.68. The lowest BCUT2D eigenvalue weighted by molar-refractivity contribution is 0.414. The van der Waals surface area contributed by atoms with Gasteiger partial charge >= 0.3 is 0 Å². The molecule has 0 radical (unpaired) electrons. The van der Waals surface area contributed by atoms with Crippen LogP contribution in [0.15, 0.2) is 69.6 Å². The fraction of sp³-hybridized carbons (Fsp3) is 0.111. The number of ether oxygens (including phenoxy) is 1. The monoisotopic (exact) mass is 338 g/mol. The number of aryl methyl sites for hydroxylation is 1. The van der Waals surface area contributed by atoms with Crippen LogP contribution in [0.1, 0.15) is 11.3 Å². The summed E-state index contributed by atoms with van der Waals surface area (Å²) in [6.07, 6.45) is 3.59. The molecule has 0 aliphatic heterocycles. The molecule has 0 bridgehead atoms. The molecule has 6 heteroatoms. The van der Waals surface area contributed by atoms with Crippen molar-refractivity contribution in [3.05, 3.63) is 66.0 Å². The molecule has 5 nitrogen and oxygen atoms in total. The second-order valence-corrected chi connectivity index (χ2v) is 6.26. The lowest BCUT2D eigenvalue weighted by Crippen LogP contribution is -1.97. The van der Waals surface area contributed by atoms with Gasteiger partial charge in [0, 0.05) is 15.4 Å². The van der Waals surface area contributed by atoms with Crippen LogP contribution in [-0.4, -0.2) is 23.0 Å². The minimum atomic E-state index is 0.379. The van der Waals surface area contributed by atoms with Crippen LogP contribution in [0.2, 0.25) is 0 Å². The second-order valence-electron chi connectivity index (χ2n) is 5.15. The standard InChI is InChI=1S/C18H18N4OS/c1-13-12-22(18(19)21-13)20-11-14-5-3-4-6-17(14)24-16-9-7-15(23-2)8-10-16/h3-12H,1-2H3,(H2,19,21). The first-order valence-electron chi connectivity index (χ1n) is 7.42. The number of hydrogen-bond donors (Lipinski definition) is 1. The van der Waals surface area contributed by atoms with Gasteiger partial charge in [-0.15, -0.1) is 0 Å². The van der Waals surface area contributed by atoms with E-state index in [4.69, 9.17) is 10.5 Å². The topological polar surface area (TPSA) is 65.4 Å². The number of nitrogens with zero attached hydrogens (tertiary/aromatic N) is 3. The van der Waals surface area contributed by atoms with Crippen molar-refractivity contribution < 1.29 is 4.74 Å². The molecule has 1 heterocycles. The van der Waals surface area contributed by atoms with E-state index >= 15 is 0 Å². The van der Waals surface area contributed by atoms with Gasteiger partial charge in [0.25, 0.3) is 0 Å². The minimum Gasteiger partial charge on any atom is -0.497 e. The van der Waals surface area contributed by atoms with E-state index in [1.165, 1.54) is 0 Å². The molecule has 3 rings (SSSR count). The number of rotatable bonds is 5. The molecule has 0 atom stereocenters. The van der Waals surface area contributed by atoms with E-state index < -0.39 is 0 Å². The maximum absolute atomic E-state index is 5.82. The van der Waals surface area contributed by atoms with Gasteiger partial charge in [0.1, 0.15) is 5.75 Å². The number of benzene rings is 2. The van der Waals surface area contributed by atoms with Crippen molar-refractivity contribution in [2.24, 2.45) is 5.10 Å². The molecule has 24 heavy (non-hydrogen) atoms. The average Bonchev–Trinajstić information content (AvgIpc) is 2.92. The normalized spacial score (nSPS) is 11.1. The van der Waals surface area contributed by atoms with Crippen molar-refractivity contribution in [2.75, 3.05) is 12.8 Å². The summed E-state index contributed by atoms with van der Waals surface area (Å²) in [6, 6.07) is 16.1. The van der Waals surface area contributed by atoms with Crippen LogP contribution in [0.5, 0.6) is 5.75 Å². The van der Waals surface area contributed by atoms with Crippen LogP contribution in [0, 0.1) is 6.92 Å². The van der Waals surface area contributed by atoms with Gasteiger partial charge in [0.2, 0.25) is 5.95 Å². The Balaban J connectivity index is 1.83. The zero-order valence-electron chi connectivity index (χ0n) is 13.5. The highest BCUT2D eigenvalue weighted by Gasteiger charge is 2.04. The third-order valence-corrected chi connectivity index (χ3v) is 4.46. The van der Waals surface area contributed by atoms with Crippen molar-refractivity contribution in [3.63, 3.8) is 0 Å². The number of nitrogen functional groups attached to an aromatic ring is 1. The van der Waals surface area contributed by atoms with E-state index in [9.17, 15) is 0 Å². The van der Waals surface area contributed by atoms with Crippen LogP contribution in [0.4, 0.5) is 5.95 Å². The Kier molecular flexibility index (Phi) is 4.86. The van der Waals surface area contributed by atoms with Gasteiger partial charge in [-0.2, -0.15) is 5.10 Å². The molecular formula is C18H18N4OS. The Hall–Kier alpha value is -2.73. The molecule has 0 aliphatic rings. The number of imidazole rings is 1. The largest absolute Gasteiger partial charge is 0.497 e. The van der Waals surface area contributed by atoms with Crippen LogP contribution in [0.3, 0.4) is 0 Å². The quantitative estimate of drug-likeness (QED) is 0.718. The number of hydrogen-bond acceptors (Lipinski definition) is 5. The molecule has 0 saturated heterocycles.